The molecule has 3 heterocycles. The third-order valence-electron chi connectivity index (χ3n) is 4.22. The summed E-state index contributed by atoms with van der Waals surface area (Å²) < 4.78 is 34.9. The van der Waals surface area contributed by atoms with E-state index in [-0.39, 0.29) is 4.90 Å². The summed E-state index contributed by atoms with van der Waals surface area (Å²) in [7, 11) is -3.65. The Morgan fingerprint density at radius 2 is 2.17 bits per heavy atom. The summed E-state index contributed by atoms with van der Waals surface area (Å²) in [6.45, 7) is 7.24. The minimum absolute atomic E-state index is 0.253. The first-order valence-electron chi connectivity index (χ1n) is 7.58. The number of aromatic nitrogens is 4. The molecule has 126 valence electrons. The van der Waals surface area contributed by atoms with Gasteiger partial charge in [0.1, 0.15) is 4.90 Å². The maximum absolute atomic E-state index is 13.1. The molecule has 0 aromatic carbocycles. The van der Waals surface area contributed by atoms with Gasteiger partial charge < -0.3 is 4.74 Å². The predicted octanol–water partition coefficient (Wildman–Crippen LogP) is 1.01. The molecule has 1 N–H and O–H groups in total. The molecular weight excluding hydrogens is 318 g/mol. The van der Waals surface area contributed by atoms with Crippen molar-refractivity contribution in [1.82, 2.24) is 24.3 Å². The molecule has 0 saturated carbocycles. The molecule has 9 heteroatoms. The van der Waals surface area contributed by atoms with Crippen LogP contribution in [0.5, 0.6) is 0 Å². The van der Waals surface area contributed by atoms with Crippen molar-refractivity contribution in [2.24, 2.45) is 0 Å². The lowest BCUT2D eigenvalue weighted by molar-refractivity contribution is 0.0303. The van der Waals surface area contributed by atoms with Crippen LogP contribution in [0.4, 0.5) is 0 Å². The normalized spacial score (nSPS) is 20.0. The molecule has 0 amide bonds. The summed E-state index contributed by atoms with van der Waals surface area (Å²) in [6.07, 6.45) is 3.12. The standard InChI is InChI=1S/C14H21N5O3S/c1-4-18-11(3)13(8-16-18)23(20,21)19-5-6-22-9-12(19)14-10(2)7-15-17-14/h7-8,12H,4-6,9H2,1-3H3,(H,15,17). The van der Waals surface area contributed by atoms with Crippen molar-refractivity contribution in [3.05, 3.63) is 29.3 Å². The highest BCUT2D eigenvalue weighted by atomic mass is 32.2. The predicted molar refractivity (Wildman–Crippen MR) is 83.4 cm³/mol. The van der Waals surface area contributed by atoms with E-state index in [2.05, 4.69) is 15.3 Å². The van der Waals surface area contributed by atoms with Crippen molar-refractivity contribution in [2.75, 3.05) is 19.8 Å². The van der Waals surface area contributed by atoms with E-state index in [0.717, 1.165) is 11.3 Å². The third-order valence-corrected chi connectivity index (χ3v) is 6.24. The molecular formula is C14H21N5O3S. The second-order valence-electron chi connectivity index (χ2n) is 5.58. The third kappa shape index (κ3) is 2.68. The van der Waals surface area contributed by atoms with Gasteiger partial charge in [-0.05, 0) is 26.3 Å². The minimum atomic E-state index is -3.65. The molecule has 0 spiro atoms. The SMILES string of the molecule is CCn1ncc(S(=O)(=O)N2CCOCC2c2[nH]ncc2C)c1C. The minimum Gasteiger partial charge on any atom is -0.378 e. The summed E-state index contributed by atoms with van der Waals surface area (Å²) in [5, 5.41) is 11.1. The Morgan fingerprint density at radius 3 is 2.78 bits per heavy atom. The number of nitrogens with zero attached hydrogens (tertiary/aromatic N) is 4. The van der Waals surface area contributed by atoms with E-state index in [1.54, 1.807) is 17.8 Å². The molecule has 1 unspecified atom stereocenters. The Hall–Kier alpha value is -1.71. The number of hydrogen-bond donors (Lipinski definition) is 1. The first kappa shape index (κ1) is 16.2. The van der Waals surface area contributed by atoms with Crippen molar-refractivity contribution >= 4 is 10.0 Å². The molecule has 1 fully saturated rings. The monoisotopic (exact) mass is 339 g/mol. The van der Waals surface area contributed by atoms with Crippen LogP contribution in [0.25, 0.3) is 0 Å². The number of aromatic amines is 1. The van der Waals surface area contributed by atoms with Crippen LogP contribution in [-0.4, -0.2) is 52.5 Å². The Morgan fingerprint density at radius 1 is 1.39 bits per heavy atom. The van der Waals surface area contributed by atoms with Gasteiger partial charge in [0.05, 0.1) is 43.0 Å². The van der Waals surface area contributed by atoms with Crippen LogP contribution >= 0.6 is 0 Å². The molecule has 2 aromatic heterocycles. The van der Waals surface area contributed by atoms with Crippen LogP contribution in [-0.2, 0) is 21.3 Å². The van der Waals surface area contributed by atoms with E-state index in [0.29, 0.717) is 32.0 Å². The highest BCUT2D eigenvalue weighted by Gasteiger charge is 2.38. The number of nitrogens with one attached hydrogen (secondary N) is 1. The maximum atomic E-state index is 13.1. The van der Waals surface area contributed by atoms with Gasteiger partial charge in [0.15, 0.2) is 0 Å². The van der Waals surface area contributed by atoms with E-state index >= 15 is 0 Å². The van der Waals surface area contributed by atoms with Gasteiger partial charge >= 0.3 is 0 Å². The van der Waals surface area contributed by atoms with E-state index < -0.39 is 16.1 Å². The van der Waals surface area contributed by atoms with Gasteiger partial charge in [-0.15, -0.1) is 0 Å². The molecule has 3 rings (SSSR count). The zero-order valence-corrected chi connectivity index (χ0v) is 14.3. The van der Waals surface area contributed by atoms with Crippen LogP contribution in [0.15, 0.2) is 17.3 Å². The highest BCUT2D eigenvalue weighted by Crippen LogP contribution is 2.31. The summed E-state index contributed by atoms with van der Waals surface area (Å²) >= 11 is 0. The van der Waals surface area contributed by atoms with Gasteiger partial charge in [0, 0.05) is 13.1 Å². The number of morpholine rings is 1. The average Bonchev–Trinajstić information content (AvgIpc) is 3.13. The average molecular weight is 339 g/mol. The smallest absolute Gasteiger partial charge is 0.247 e. The van der Waals surface area contributed by atoms with Gasteiger partial charge in [-0.2, -0.15) is 14.5 Å². The van der Waals surface area contributed by atoms with Crippen molar-refractivity contribution in [3.8, 4) is 0 Å². The van der Waals surface area contributed by atoms with E-state index in [4.69, 9.17) is 4.74 Å². The topological polar surface area (TPSA) is 93.1 Å². The van der Waals surface area contributed by atoms with Crippen LogP contribution in [0.1, 0.15) is 29.9 Å². The van der Waals surface area contributed by atoms with Crippen LogP contribution in [0.3, 0.4) is 0 Å². The fourth-order valence-corrected chi connectivity index (χ4v) is 4.65. The Balaban J connectivity index is 2.02. The fourth-order valence-electron chi connectivity index (χ4n) is 2.92. The zero-order valence-electron chi connectivity index (χ0n) is 13.5. The largest absolute Gasteiger partial charge is 0.378 e. The molecule has 0 aliphatic carbocycles. The van der Waals surface area contributed by atoms with Crippen molar-refractivity contribution in [3.63, 3.8) is 0 Å². The van der Waals surface area contributed by atoms with Crippen molar-refractivity contribution in [2.45, 2.75) is 38.3 Å². The fraction of sp³-hybridized carbons (Fsp3) is 0.571. The molecule has 0 radical (unpaired) electrons. The lowest BCUT2D eigenvalue weighted by atomic mass is 10.1. The molecule has 1 aliphatic rings. The summed E-state index contributed by atoms with van der Waals surface area (Å²) in [6, 6.07) is -0.402. The molecule has 1 aliphatic heterocycles. The molecule has 8 nitrogen and oxygen atoms in total. The Bertz CT molecular complexity index is 795. The van der Waals surface area contributed by atoms with Crippen LogP contribution in [0.2, 0.25) is 0 Å². The van der Waals surface area contributed by atoms with Crippen LogP contribution < -0.4 is 0 Å². The summed E-state index contributed by atoms with van der Waals surface area (Å²) in [4.78, 5) is 0.253. The van der Waals surface area contributed by atoms with Crippen molar-refractivity contribution in [1.29, 1.82) is 0 Å². The number of aryl methyl sites for hydroxylation is 2. The second-order valence-corrected chi connectivity index (χ2v) is 7.44. The maximum Gasteiger partial charge on any atom is 0.247 e. The van der Waals surface area contributed by atoms with Gasteiger partial charge in [-0.25, -0.2) is 8.42 Å². The quantitative estimate of drug-likeness (QED) is 0.897. The van der Waals surface area contributed by atoms with Gasteiger partial charge in [-0.1, -0.05) is 0 Å². The molecule has 1 saturated heterocycles. The van der Waals surface area contributed by atoms with E-state index in [9.17, 15) is 8.42 Å². The molecule has 1 atom stereocenters. The summed E-state index contributed by atoms with van der Waals surface area (Å²) in [5.74, 6) is 0. The molecule has 2 aromatic rings. The first-order valence-corrected chi connectivity index (χ1v) is 9.02. The zero-order chi connectivity index (χ0) is 16.6. The number of ether oxygens (including phenoxy) is 1. The Kier molecular flexibility index (Phi) is 4.26. The van der Waals surface area contributed by atoms with E-state index in [1.807, 2.05) is 13.8 Å². The van der Waals surface area contributed by atoms with Crippen molar-refractivity contribution < 1.29 is 13.2 Å². The van der Waals surface area contributed by atoms with E-state index in [1.165, 1.54) is 10.5 Å². The highest BCUT2D eigenvalue weighted by molar-refractivity contribution is 7.89. The first-order chi connectivity index (χ1) is 11.0. The number of rotatable bonds is 4. The van der Waals surface area contributed by atoms with Gasteiger partial charge in [0.25, 0.3) is 0 Å². The lowest BCUT2D eigenvalue weighted by Crippen LogP contribution is -2.43. The lowest BCUT2D eigenvalue weighted by Gasteiger charge is -2.34. The van der Waals surface area contributed by atoms with Gasteiger partial charge in [-0.3, -0.25) is 9.78 Å². The van der Waals surface area contributed by atoms with Gasteiger partial charge in [0.2, 0.25) is 10.0 Å². The molecule has 23 heavy (non-hydrogen) atoms. The number of H-pyrrole nitrogens is 1. The Labute approximate surface area is 135 Å². The number of hydrogen-bond acceptors (Lipinski definition) is 5. The number of sulfonamides is 1. The van der Waals surface area contributed by atoms with Crippen LogP contribution in [0, 0.1) is 13.8 Å². The second kappa shape index (κ2) is 6.06. The molecule has 0 bridgehead atoms. The summed E-state index contributed by atoms with van der Waals surface area (Å²) in [5.41, 5.74) is 2.34.